The average molecular weight is 381 g/mol. The van der Waals surface area contributed by atoms with Crippen molar-refractivity contribution in [2.75, 3.05) is 0 Å². The van der Waals surface area contributed by atoms with Gasteiger partial charge in [0.15, 0.2) is 6.10 Å². The maximum absolute atomic E-state index is 12.4. The summed E-state index contributed by atoms with van der Waals surface area (Å²) in [7, 11) is 0. The number of benzene rings is 2. The molecule has 4 nitrogen and oxygen atoms in total. The maximum atomic E-state index is 12.4. The predicted molar refractivity (Wildman–Crippen MR) is 102 cm³/mol. The molecule has 0 aromatic heterocycles. The van der Waals surface area contributed by atoms with E-state index in [-0.39, 0.29) is 18.3 Å². The number of ether oxygens (including phenoxy) is 1. The second-order valence-corrected chi connectivity index (χ2v) is 6.28. The molecule has 0 saturated heterocycles. The van der Waals surface area contributed by atoms with E-state index in [9.17, 15) is 4.79 Å². The maximum Gasteiger partial charge on any atom is 0.261 e. The van der Waals surface area contributed by atoms with Crippen LogP contribution in [0.15, 0.2) is 42.5 Å². The molecule has 2 aromatic carbocycles. The number of hydrogen-bond acceptors (Lipinski definition) is 3. The van der Waals surface area contributed by atoms with E-state index in [1.165, 1.54) is 11.1 Å². The van der Waals surface area contributed by atoms with Crippen molar-refractivity contribution in [3.05, 3.63) is 64.2 Å². The van der Waals surface area contributed by atoms with Crippen LogP contribution in [0.3, 0.4) is 0 Å². The van der Waals surface area contributed by atoms with E-state index in [0.717, 1.165) is 18.7 Å². The van der Waals surface area contributed by atoms with Crippen molar-refractivity contribution in [2.24, 2.45) is 0 Å². The van der Waals surface area contributed by atoms with Crippen LogP contribution in [0.2, 0.25) is 5.02 Å². The summed E-state index contributed by atoms with van der Waals surface area (Å²) in [6, 6.07) is 13.5. The fourth-order valence-electron chi connectivity index (χ4n) is 2.78. The number of halogens is 2. The Labute approximate surface area is 159 Å². The van der Waals surface area contributed by atoms with Crippen molar-refractivity contribution in [1.29, 1.82) is 0 Å². The summed E-state index contributed by atoms with van der Waals surface area (Å²) in [6.45, 7) is 4.23. The van der Waals surface area contributed by atoms with E-state index in [2.05, 4.69) is 28.8 Å². The summed E-state index contributed by atoms with van der Waals surface area (Å²) in [5, 5.41) is 6.78. The van der Waals surface area contributed by atoms with E-state index in [1.54, 1.807) is 12.1 Å². The third-order valence-electron chi connectivity index (χ3n) is 4.14. The Bertz CT molecular complexity index is 737. The Kier molecular flexibility index (Phi) is 7.12. The molecule has 1 heterocycles. The Balaban J connectivity index is 0.00000225. The highest BCUT2D eigenvalue weighted by molar-refractivity contribution is 6.32. The van der Waals surface area contributed by atoms with Gasteiger partial charge in [-0.1, -0.05) is 48.9 Å². The van der Waals surface area contributed by atoms with Gasteiger partial charge in [0, 0.05) is 19.6 Å². The fraction of sp³-hybridized carbons (Fsp3) is 0.316. The largest absolute Gasteiger partial charge is 0.479 e. The van der Waals surface area contributed by atoms with Gasteiger partial charge >= 0.3 is 0 Å². The molecule has 2 N–H and O–H groups in total. The minimum atomic E-state index is -0.555. The predicted octanol–water partition coefficient (Wildman–Crippen LogP) is 3.84. The first-order chi connectivity index (χ1) is 11.7. The summed E-state index contributed by atoms with van der Waals surface area (Å²) in [6.07, 6.45) is 0.0199. The quantitative estimate of drug-likeness (QED) is 0.800. The van der Waals surface area contributed by atoms with E-state index in [0.29, 0.717) is 23.7 Å². The number of fused-ring (bicyclic) bond motifs is 1. The number of amides is 1. The molecule has 0 fully saturated rings. The molecule has 1 aliphatic rings. The number of hydrogen-bond donors (Lipinski definition) is 2. The third-order valence-corrected chi connectivity index (χ3v) is 4.45. The lowest BCUT2D eigenvalue weighted by molar-refractivity contribution is -0.128. The molecule has 0 aliphatic carbocycles. The summed E-state index contributed by atoms with van der Waals surface area (Å²) < 4.78 is 5.76. The van der Waals surface area contributed by atoms with Crippen LogP contribution in [0.5, 0.6) is 5.75 Å². The van der Waals surface area contributed by atoms with Crippen molar-refractivity contribution in [3.63, 3.8) is 0 Å². The lowest BCUT2D eigenvalue weighted by Crippen LogP contribution is -2.37. The van der Waals surface area contributed by atoms with Gasteiger partial charge in [0.1, 0.15) is 5.75 Å². The van der Waals surface area contributed by atoms with Gasteiger partial charge in [-0.05, 0) is 35.2 Å². The first-order valence-electron chi connectivity index (χ1n) is 8.17. The number of carbonyl (C=O) groups excluding carboxylic acids is 1. The van der Waals surface area contributed by atoms with Crippen LogP contribution < -0.4 is 15.4 Å². The average Bonchev–Trinajstić information content (AvgIpc) is 3.06. The van der Waals surface area contributed by atoms with E-state index < -0.39 is 6.10 Å². The number of carbonyl (C=O) groups is 1. The molecule has 1 aliphatic heterocycles. The zero-order valence-electron chi connectivity index (χ0n) is 14.0. The molecule has 1 atom stereocenters. The normalized spacial score (nSPS) is 13.5. The fourth-order valence-corrected chi connectivity index (χ4v) is 2.96. The van der Waals surface area contributed by atoms with Gasteiger partial charge < -0.3 is 15.4 Å². The minimum absolute atomic E-state index is 0. The van der Waals surface area contributed by atoms with Crippen LogP contribution in [0, 0.1) is 0 Å². The van der Waals surface area contributed by atoms with Crippen molar-refractivity contribution >= 4 is 29.9 Å². The standard InChI is InChI=1S/C19H21ClN2O2.ClH/c1-2-17(24-18-6-4-3-5-16(18)20)19(23)22-10-13-7-8-14-11-21-12-15(14)9-13;/h3-9,17,21H,2,10-12H2,1H3,(H,22,23);1H. The van der Waals surface area contributed by atoms with Crippen LogP contribution >= 0.6 is 24.0 Å². The molecule has 1 amide bonds. The highest BCUT2D eigenvalue weighted by atomic mass is 35.5. The molecule has 134 valence electrons. The Morgan fingerprint density at radius 1 is 1.24 bits per heavy atom. The summed E-state index contributed by atoms with van der Waals surface area (Å²) in [5.41, 5.74) is 3.73. The number of nitrogens with one attached hydrogen (secondary N) is 2. The van der Waals surface area contributed by atoms with Crippen LogP contribution in [0.4, 0.5) is 0 Å². The van der Waals surface area contributed by atoms with Gasteiger partial charge in [0.25, 0.3) is 5.91 Å². The Hall–Kier alpha value is -1.75. The van der Waals surface area contributed by atoms with E-state index in [1.807, 2.05) is 19.1 Å². The molecule has 0 saturated carbocycles. The second kappa shape index (κ2) is 9.09. The van der Waals surface area contributed by atoms with Crippen LogP contribution in [0.25, 0.3) is 0 Å². The van der Waals surface area contributed by atoms with E-state index >= 15 is 0 Å². The smallest absolute Gasteiger partial charge is 0.261 e. The van der Waals surface area contributed by atoms with Crippen molar-refractivity contribution < 1.29 is 9.53 Å². The zero-order valence-corrected chi connectivity index (χ0v) is 15.6. The van der Waals surface area contributed by atoms with E-state index in [4.69, 9.17) is 16.3 Å². The van der Waals surface area contributed by atoms with Crippen molar-refractivity contribution in [3.8, 4) is 5.75 Å². The number of para-hydroxylation sites is 1. The van der Waals surface area contributed by atoms with Crippen LogP contribution in [0.1, 0.15) is 30.0 Å². The first-order valence-corrected chi connectivity index (χ1v) is 8.55. The SMILES string of the molecule is CCC(Oc1ccccc1Cl)C(=O)NCc1ccc2c(c1)CNC2.Cl. The molecule has 0 spiro atoms. The van der Waals surface area contributed by atoms with Crippen LogP contribution in [-0.4, -0.2) is 12.0 Å². The van der Waals surface area contributed by atoms with Crippen molar-refractivity contribution in [2.45, 2.75) is 39.1 Å². The Morgan fingerprint density at radius 2 is 2.00 bits per heavy atom. The first kappa shape index (κ1) is 19.6. The summed E-state index contributed by atoms with van der Waals surface area (Å²) in [4.78, 5) is 12.4. The van der Waals surface area contributed by atoms with Gasteiger partial charge in [-0.2, -0.15) is 0 Å². The molecular weight excluding hydrogens is 359 g/mol. The highest BCUT2D eigenvalue weighted by Gasteiger charge is 2.19. The summed E-state index contributed by atoms with van der Waals surface area (Å²) in [5.74, 6) is 0.404. The topological polar surface area (TPSA) is 50.4 Å². The summed E-state index contributed by atoms with van der Waals surface area (Å²) >= 11 is 6.09. The van der Waals surface area contributed by atoms with Gasteiger partial charge in [0.05, 0.1) is 5.02 Å². The second-order valence-electron chi connectivity index (χ2n) is 5.87. The third kappa shape index (κ3) is 4.88. The molecule has 6 heteroatoms. The van der Waals surface area contributed by atoms with Crippen molar-refractivity contribution in [1.82, 2.24) is 10.6 Å². The van der Waals surface area contributed by atoms with Gasteiger partial charge in [0.2, 0.25) is 0 Å². The lowest BCUT2D eigenvalue weighted by atomic mass is 10.1. The monoisotopic (exact) mass is 380 g/mol. The lowest BCUT2D eigenvalue weighted by Gasteiger charge is -2.18. The Morgan fingerprint density at radius 3 is 2.76 bits per heavy atom. The molecule has 0 radical (unpaired) electrons. The highest BCUT2D eigenvalue weighted by Crippen LogP contribution is 2.25. The number of rotatable bonds is 6. The van der Waals surface area contributed by atoms with Gasteiger partial charge in [-0.15, -0.1) is 12.4 Å². The molecule has 1 unspecified atom stereocenters. The van der Waals surface area contributed by atoms with Gasteiger partial charge in [-0.25, -0.2) is 0 Å². The molecule has 2 aromatic rings. The molecule has 25 heavy (non-hydrogen) atoms. The zero-order chi connectivity index (χ0) is 16.9. The van der Waals surface area contributed by atoms with Crippen LogP contribution in [-0.2, 0) is 24.4 Å². The molecular formula is C19H22Cl2N2O2. The molecule has 0 bridgehead atoms. The van der Waals surface area contributed by atoms with Gasteiger partial charge in [-0.3, -0.25) is 4.79 Å². The molecule has 3 rings (SSSR count). The minimum Gasteiger partial charge on any atom is -0.479 e.